The summed E-state index contributed by atoms with van der Waals surface area (Å²) in [5.74, 6) is 0.831. The molecule has 5 nitrogen and oxygen atoms in total. The van der Waals surface area contributed by atoms with Gasteiger partial charge in [-0.1, -0.05) is 12.1 Å². The first kappa shape index (κ1) is 17.5. The van der Waals surface area contributed by atoms with Crippen molar-refractivity contribution in [3.63, 3.8) is 0 Å². The predicted molar refractivity (Wildman–Crippen MR) is 99.8 cm³/mol. The van der Waals surface area contributed by atoms with Gasteiger partial charge in [-0.05, 0) is 50.1 Å². The standard InChI is InChI=1S/C20H27N3O2/c1-15-6-4-7-18(16(15)2)23-11-9-22(10-12-23)14-20(24)21-17(3)19-8-5-13-25-19/h4-8,13,17H,9-12,14H2,1-3H3,(H,21,24). The van der Waals surface area contributed by atoms with Gasteiger partial charge in [-0.25, -0.2) is 0 Å². The first-order chi connectivity index (χ1) is 12.0. The molecule has 2 aromatic rings. The van der Waals surface area contributed by atoms with Crippen molar-refractivity contribution in [3.8, 4) is 0 Å². The van der Waals surface area contributed by atoms with Crippen LogP contribution in [0.5, 0.6) is 0 Å². The molecule has 2 heterocycles. The van der Waals surface area contributed by atoms with E-state index in [1.165, 1.54) is 16.8 Å². The van der Waals surface area contributed by atoms with Crippen LogP contribution in [0, 0.1) is 13.8 Å². The summed E-state index contributed by atoms with van der Waals surface area (Å²) in [6.45, 7) is 10.4. The Kier molecular flexibility index (Phi) is 5.43. The fraction of sp³-hybridized carbons (Fsp3) is 0.450. The summed E-state index contributed by atoms with van der Waals surface area (Å²) >= 11 is 0. The van der Waals surface area contributed by atoms with Crippen LogP contribution in [-0.2, 0) is 4.79 Å². The molecule has 3 rings (SSSR count). The largest absolute Gasteiger partial charge is 0.467 e. The van der Waals surface area contributed by atoms with E-state index in [9.17, 15) is 4.79 Å². The van der Waals surface area contributed by atoms with Gasteiger partial charge in [0, 0.05) is 31.9 Å². The Balaban J connectivity index is 1.49. The molecule has 1 N–H and O–H groups in total. The number of piperazine rings is 1. The smallest absolute Gasteiger partial charge is 0.234 e. The number of amides is 1. The van der Waals surface area contributed by atoms with Crippen LogP contribution in [-0.4, -0.2) is 43.5 Å². The number of anilines is 1. The lowest BCUT2D eigenvalue weighted by molar-refractivity contribution is -0.123. The summed E-state index contributed by atoms with van der Waals surface area (Å²) in [7, 11) is 0. The molecule has 0 aliphatic carbocycles. The van der Waals surface area contributed by atoms with E-state index in [4.69, 9.17) is 4.42 Å². The fourth-order valence-corrected chi connectivity index (χ4v) is 3.32. The van der Waals surface area contributed by atoms with E-state index >= 15 is 0 Å². The minimum absolute atomic E-state index is 0.0455. The number of carbonyl (C=O) groups is 1. The molecule has 0 spiro atoms. The highest BCUT2D eigenvalue weighted by atomic mass is 16.3. The first-order valence-electron chi connectivity index (χ1n) is 8.91. The normalized spacial score (nSPS) is 16.7. The Morgan fingerprint density at radius 1 is 1.16 bits per heavy atom. The van der Waals surface area contributed by atoms with Crippen molar-refractivity contribution in [3.05, 3.63) is 53.5 Å². The minimum atomic E-state index is -0.0984. The average Bonchev–Trinajstić information content (AvgIpc) is 3.13. The van der Waals surface area contributed by atoms with Gasteiger partial charge in [-0.2, -0.15) is 0 Å². The summed E-state index contributed by atoms with van der Waals surface area (Å²) in [4.78, 5) is 16.9. The second-order valence-electron chi connectivity index (χ2n) is 6.79. The number of carbonyl (C=O) groups excluding carboxylic acids is 1. The van der Waals surface area contributed by atoms with Crippen LogP contribution >= 0.6 is 0 Å². The van der Waals surface area contributed by atoms with Gasteiger partial charge in [0.2, 0.25) is 5.91 Å². The minimum Gasteiger partial charge on any atom is -0.467 e. The Hall–Kier alpha value is -2.27. The number of aryl methyl sites for hydroxylation is 1. The van der Waals surface area contributed by atoms with E-state index in [2.05, 4.69) is 47.2 Å². The van der Waals surface area contributed by atoms with E-state index in [1.54, 1.807) is 6.26 Å². The highest BCUT2D eigenvalue weighted by molar-refractivity contribution is 5.78. The summed E-state index contributed by atoms with van der Waals surface area (Å²) in [6, 6.07) is 10.1. The summed E-state index contributed by atoms with van der Waals surface area (Å²) in [5.41, 5.74) is 3.99. The van der Waals surface area contributed by atoms with Gasteiger partial charge in [-0.15, -0.1) is 0 Å². The average molecular weight is 341 g/mol. The van der Waals surface area contributed by atoms with E-state index < -0.39 is 0 Å². The van der Waals surface area contributed by atoms with Gasteiger partial charge in [0.05, 0.1) is 18.8 Å². The topological polar surface area (TPSA) is 48.7 Å². The van der Waals surface area contributed by atoms with Crippen LogP contribution in [0.25, 0.3) is 0 Å². The summed E-state index contributed by atoms with van der Waals surface area (Å²) in [6.07, 6.45) is 1.63. The third-order valence-electron chi connectivity index (χ3n) is 5.00. The zero-order valence-electron chi connectivity index (χ0n) is 15.3. The zero-order valence-corrected chi connectivity index (χ0v) is 15.3. The lowest BCUT2D eigenvalue weighted by Gasteiger charge is -2.36. The Labute approximate surface area is 149 Å². The molecule has 1 aliphatic rings. The second kappa shape index (κ2) is 7.74. The zero-order chi connectivity index (χ0) is 17.8. The second-order valence-corrected chi connectivity index (χ2v) is 6.79. The van der Waals surface area contributed by atoms with Crippen molar-refractivity contribution in [2.24, 2.45) is 0 Å². The number of benzene rings is 1. The molecule has 1 saturated heterocycles. The Bertz CT molecular complexity index is 704. The van der Waals surface area contributed by atoms with Crippen molar-refractivity contribution >= 4 is 11.6 Å². The monoisotopic (exact) mass is 341 g/mol. The van der Waals surface area contributed by atoms with Crippen LogP contribution < -0.4 is 10.2 Å². The van der Waals surface area contributed by atoms with E-state index in [0.717, 1.165) is 31.9 Å². The maximum Gasteiger partial charge on any atom is 0.234 e. The van der Waals surface area contributed by atoms with Crippen LogP contribution in [0.15, 0.2) is 41.0 Å². The number of hydrogen-bond donors (Lipinski definition) is 1. The van der Waals surface area contributed by atoms with E-state index in [1.807, 2.05) is 19.1 Å². The summed E-state index contributed by atoms with van der Waals surface area (Å²) in [5, 5.41) is 3.00. The van der Waals surface area contributed by atoms with E-state index in [-0.39, 0.29) is 11.9 Å². The third kappa shape index (κ3) is 4.23. The van der Waals surface area contributed by atoms with Crippen LogP contribution in [0.4, 0.5) is 5.69 Å². The molecule has 1 amide bonds. The summed E-state index contributed by atoms with van der Waals surface area (Å²) < 4.78 is 5.34. The van der Waals surface area contributed by atoms with Gasteiger partial charge < -0.3 is 14.6 Å². The van der Waals surface area contributed by atoms with Crippen LogP contribution in [0.1, 0.15) is 29.9 Å². The Morgan fingerprint density at radius 3 is 2.60 bits per heavy atom. The number of hydrogen-bond acceptors (Lipinski definition) is 4. The molecule has 1 fully saturated rings. The van der Waals surface area contributed by atoms with Gasteiger partial charge >= 0.3 is 0 Å². The maximum absolute atomic E-state index is 12.3. The van der Waals surface area contributed by atoms with Gasteiger partial charge in [0.25, 0.3) is 0 Å². The predicted octanol–water partition coefficient (Wildman–Crippen LogP) is 2.90. The molecule has 134 valence electrons. The molecule has 0 saturated carbocycles. The molecule has 1 atom stereocenters. The third-order valence-corrected chi connectivity index (χ3v) is 5.00. The molecule has 0 radical (unpaired) electrons. The number of nitrogens with zero attached hydrogens (tertiary/aromatic N) is 2. The molecule has 1 aliphatic heterocycles. The Morgan fingerprint density at radius 2 is 1.92 bits per heavy atom. The highest BCUT2D eigenvalue weighted by Crippen LogP contribution is 2.23. The number of rotatable bonds is 5. The van der Waals surface area contributed by atoms with Crippen molar-refractivity contribution < 1.29 is 9.21 Å². The molecule has 25 heavy (non-hydrogen) atoms. The molecule has 0 bridgehead atoms. The molecule has 1 unspecified atom stereocenters. The molecular weight excluding hydrogens is 314 g/mol. The quantitative estimate of drug-likeness (QED) is 0.908. The van der Waals surface area contributed by atoms with Crippen LogP contribution in [0.2, 0.25) is 0 Å². The van der Waals surface area contributed by atoms with Crippen molar-refractivity contribution in [2.45, 2.75) is 26.8 Å². The van der Waals surface area contributed by atoms with Crippen molar-refractivity contribution in [1.29, 1.82) is 0 Å². The van der Waals surface area contributed by atoms with Gasteiger partial charge in [0.1, 0.15) is 5.76 Å². The SMILES string of the molecule is Cc1cccc(N2CCN(CC(=O)NC(C)c3ccco3)CC2)c1C. The van der Waals surface area contributed by atoms with Crippen molar-refractivity contribution in [1.82, 2.24) is 10.2 Å². The highest BCUT2D eigenvalue weighted by Gasteiger charge is 2.21. The molecule has 1 aromatic carbocycles. The van der Waals surface area contributed by atoms with Crippen molar-refractivity contribution in [2.75, 3.05) is 37.6 Å². The molecular formula is C20H27N3O2. The first-order valence-corrected chi connectivity index (χ1v) is 8.91. The molecule has 5 heteroatoms. The van der Waals surface area contributed by atoms with Gasteiger partial charge in [0.15, 0.2) is 0 Å². The fourth-order valence-electron chi connectivity index (χ4n) is 3.32. The van der Waals surface area contributed by atoms with Gasteiger partial charge in [-0.3, -0.25) is 9.69 Å². The molecule has 1 aromatic heterocycles. The lowest BCUT2D eigenvalue weighted by atomic mass is 10.1. The van der Waals surface area contributed by atoms with E-state index in [0.29, 0.717) is 6.54 Å². The lowest BCUT2D eigenvalue weighted by Crippen LogP contribution is -2.49. The number of furan rings is 1. The van der Waals surface area contributed by atoms with Crippen LogP contribution in [0.3, 0.4) is 0 Å². The number of nitrogens with one attached hydrogen (secondary N) is 1. The maximum atomic E-state index is 12.3.